The van der Waals surface area contributed by atoms with Gasteiger partial charge in [-0.15, -0.1) is 0 Å². The summed E-state index contributed by atoms with van der Waals surface area (Å²) in [5.41, 5.74) is 5.24. The van der Waals surface area contributed by atoms with Crippen molar-refractivity contribution in [2.24, 2.45) is 5.73 Å². The third-order valence-electron chi connectivity index (χ3n) is 2.13. The van der Waals surface area contributed by atoms with Crippen molar-refractivity contribution in [1.82, 2.24) is 4.47 Å². The number of primary amides is 1. The Bertz CT molecular complexity index is 496. The van der Waals surface area contributed by atoms with Gasteiger partial charge in [0.25, 0.3) is 10.0 Å². The zero-order valence-corrected chi connectivity index (χ0v) is 10.1. The SMILES string of the molecule is CCCN(O)S(=O)(=O)c1ccc(C(N)=O)cc1. The van der Waals surface area contributed by atoms with Gasteiger partial charge in [0.1, 0.15) is 0 Å². The molecule has 0 unspecified atom stereocenters. The van der Waals surface area contributed by atoms with E-state index >= 15 is 0 Å². The molecule has 0 spiro atoms. The minimum Gasteiger partial charge on any atom is -0.366 e. The zero-order valence-electron chi connectivity index (χ0n) is 9.33. The first-order chi connectivity index (χ1) is 7.89. The van der Waals surface area contributed by atoms with Crippen LogP contribution in [0, 0.1) is 0 Å². The second kappa shape index (κ2) is 5.26. The Hall–Kier alpha value is -1.44. The van der Waals surface area contributed by atoms with Gasteiger partial charge in [-0.05, 0) is 30.7 Å². The molecule has 1 aromatic rings. The third-order valence-corrected chi connectivity index (χ3v) is 3.73. The monoisotopic (exact) mass is 258 g/mol. The molecule has 0 fully saturated rings. The summed E-state index contributed by atoms with van der Waals surface area (Å²) in [5, 5.41) is 9.36. The van der Waals surface area contributed by atoms with Gasteiger partial charge in [0.2, 0.25) is 5.91 Å². The van der Waals surface area contributed by atoms with E-state index in [4.69, 9.17) is 5.73 Å². The van der Waals surface area contributed by atoms with Crippen LogP contribution in [0.3, 0.4) is 0 Å². The zero-order chi connectivity index (χ0) is 13.1. The Morgan fingerprint density at radius 1 is 1.35 bits per heavy atom. The van der Waals surface area contributed by atoms with Gasteiger partial charge in [0.15, 0.2) is 0 Å². The molecule has 17 heavy (non-hydrogen) atoms. The standard InChI is InChI=1S/C10H14N2O4S/c1-2-7-12(14)17(15,16)9-5-3-8(4-6-9)10(11)13/h3-6,14H,2,7H2,1H3,(H2,11,13). The number of carbonyl (C=O) groups excluding carboxylic acids is 1. The van der Waals surface area contributed by atoms with Crippen molar-refractivity contribution < 1.29 is 18.4 Å². The lowest BCUT2D eigenvalue weighted by Crippen LogP contribution is -2.28. The van der Waals surface area contributed by atoms with Crippen molar-refractivity contribution in [1.29, 1.82) is 0 Å². The number of benzene rings is 1. The molecule has 0 heterocycles. The fraction of sp³-hybridized carbons (Fsp3) is 0.300. The third kappa shape index (κ3) is 3.02. The Labute approximate surface area is 99.7 Å². The Morgan fingerprint density at radius 3 is 2.29 bits per heavy atom. The fourth-order valence-electron chi connectivity index (χ4n) is 1.22. The number of sulfonamides is 1. The number of carbonyl (C=O) groups is 1. The van der Waals surface area contributed by atoms with Crippen LogP contribution in [0.15, 0.2) is 29.2 Å². The molecule has 0 aromatic heterocycles. The van der Waals surface area contributed by atoms with Gasteiger partial charge in [0.05, 0.1) is 4.90 Å². The van der Waals surface area contributed by atoms with Crippen molar-refractivity contribution in [2.75, 3.05) is 6.54 Å². The minimum atomic E-state index is -3.91. The Kier molecular flexibility index (Phi) is 4.22. The van der Waals surface area contributed by atoms with Crippen molar-refractivity contribution in [3.8, 4) is 0 Å². The van der Waals surface area contributed by atoms with Crippen molar-refractivity contribution in [3.05, 3.63) is 29.8 Å². The van der Waals surface area contributed by atoms with E-state index in [0.717, 1.165) is 0 Å². The van der Waals surface area contributed by atoms with E-state index in [2.05, 4.69) is 0 Å². The second-order valence-electron chi connectivity index (χ2n) is 3.44. The van der Waals surface area contributed by atoms with E-state index < -0.39 is 15.9 Å². The Morgan fingerprint density at radius 2 is 1.88 bits per heavy atom. The summed E-state index contributed by atoms with van der Waals surface area (Å²) < 4.78 is 23.8. The molecule has 1 amide bonds. The van der Waals surface area contributed by atoms with Gasteiger partial charge in [-0.3, -0.25) is 10.0 Å². The van der Waals surface area contributed by atoms with Crippen LogP contribution in [0.2, 0.25) is 0 Å². The quantitative estimate of drug-likeness (QED) is 0.754. The molecule has 3 N–H and O–H groups in total. The lowest BCUT2D eigenvalue weighted by Gasteiger charge is -2.14. The van der Waals surface area contributed by atoms with Crippen LogP contribution in [0.1, 0.15) is 23.7 Å². The number of hydrogen-bond acceptors (Lipinski definition) is 4. The van der Waals surface area contributed by atoms with Gasteiger partial charge in [-0.25, -0.2) is 8.42 Å². The average Bonchev–Trinajstić information content (AvgIpc) is 2.29. The predicted octanol–water partition coefficient (Wildman–Crippen LogP) is 0.575. The summed E-state index contributed by atoms with van der Waals surface area (Å²) in [5.74, 6) is -0.636. The van der Waals surface area contributed by atoms with Crippen LogP contribution in [0.5, 0.6) is 0 Å². The highest BCUT2D eigenvalue weighted by atomic mass is 32.2. The molecule has 7 heteroatoms. The van der Waals surface area contributed by atoms with Crippen molar-refractivity contribution in [2.45, 2.75) is 18.2 Å². The summed E-state index contributed by atoms with van der Waals surface area (Å²) in [4.78, 5) is 10.7. The highest BCUT2D eigenvalue weighted by Gasteiger charge is 2.21. The van der Waals surface area contributed by atoms with E-state index in [-0.39, 0.29) is 21.5 Å². The van der Waals surface area contributed by atoms with Crippen molar-refractivity contribution >= 4 is 15.9 Å². The number of nitrogens with zero attached hydrogens (tertiary/aromatic N) is 1. The van der Waals surface area contributed by atoms with E-state index in [0.29, 0.717) is 6.42 Å². The van der Waals surface area contributed by atoms with Gasteiger partial charge >= 0.3 is 0 Å². The average molecular weight is 258 g/mol. The Balaban J connectivity index is 3.04. The molecular weight excluding hydrogens is 244 g/mol. The molecule has 0 aliphatic rings. The summed E-state index contributed by atoms with van der Waals surface area (Å²) in [6, 6.07) is 5.06. The van der Waals surface area contributed by atoms with Gasteiger partial charge in [-0.1, -0.05) is 11.4 Å². The normalized spacial score (nSPS) is 11.7. The van der Waals surface area contributed by atoms with Gasteiger partial charge in [0, 0.05) is 12.1 Å². The first-order valence-electron chi connectivity index (χ1n) is 5.01. The lowest BCUT2D eigenvalue weighted by molar-refractivity contribution is 0.00351. The second-order valence-corrected chi connectivity index (χ2v) is 5.28. The number of amides is 1. The van der Waals surface area contributed by atoms with Crippen LogP contribution in [0.4, 0.5) is 0 Å². The van der Waals surface area contributed by atoms with Crippen molar-refractivity contribution in [3.63, 3.8) is 0 Å². The molecule has 0 saturated heterocycles. The van der Waals surface area contributed by atoms with Crippen LogP contribution in [-0.2, 0) is 10.0 Å². The maximum absolute atomic E-state index is 11.8. The molecule has 1 aromatic carbocycles. The van der Waals surface area contributed by atoms with E-state index in [1.807, 2.05) is 0 Å². The topological polar surface area (TPSA) is 101 Å². The summed E-state index contributed by atoms with van der Waals surface area (Å²) in [7, 11) is -3.91. The first-order valence-corrected chi connectivity index (χ1v) is 6.45. The molecule has 0 bridgehead atoms. The highest BCUT2D eigenvalue weighted by molar-refractivity contribution is 7.89. The van der Waals surface area contributed by atoms with Crippen LogP contribution < -0.4 is 5.73 Å². The summed E-state index contributed by atoms with van der Waals surface area (Å²) in [6.07, 6.45) is 0.495. The largest absolute Gasteiger partial charge is 0.366 e. The van der Waals surface area contributed by atoms with E-state index in [1.54, 1.807) is 6.92 Å². The van der Waals surface area contributed by atoms with Crippen LogP contribution in [0.25, 0.3) is 0 Å². The molecule has 1 rings (SSSR count). The molecule has 0 saturated carbocycles. The number of hydroxylamine groups is 1. The molecule has 94 valence electrons. The van der Waals surface area contributed by atoms with Crippen LogP contribution in [-0.4, -0.2) is 30.5 Å². The van der Waals surface area contributed by atoms with Crippen LogP contribution >= 0.6 is 0 Å². The number of rotatable bonds is 5. The molecule has 0 aliphatic carbocycles. The predicted molar refractivity (Wildman–Crippen MR) is 60.9 cm³/mol. The minimum absolute atomic E-state index is 0.0138. The smallest absolute Gasteiger partial charge is 0.264 e. The van der Waals surface area contributed by atoms with Gasteiger partial charge in [-0.2, -0.15) is 0 Å². The molecule has 0 atom stereocenters. The molecule has 0 radical (unpaired) electrons. The van der Waals surface area contributed by atoms with E-state index in [9.17, 15) is 18.4 Å². The highest BCUT2D eigenvalue weighted by Crippen LogP contribution is 2.15. The number of nitrogens with two attached hydrogens (primary N) is 1. The molecule has 6 nitrogen and oxygen atoms in total. The molecule has 0 aliphatic heterocycles. The van der Waals surface area contributed by atoms with Gasteiger partial charge < -0.3 is 5.73 Å². The summed E-state index contributed by atoms with van der Waals surface area (Å²) in [6.45, 7) is 1.76. The first kappa shape index (κ1) is 13.6. The number of hydrogen-bond donors (Lipinski definition) is 2. The lowest BCUT2D eigenvalue weighted by atomic mass is 10.2. The maximum Gasteiger partial charge on any atom is 0.264 e. The fourth-order valence-corrected chi connectivity index (χ4v) is 2.37. The maximum atomic E-state index is 11.8. The molecular formula is C10H14N2O4S. The summed E-state index contributed by atoms with van der Waals surface area (Å²) >= 11 is 0. The van der Waals surface area contributed by atoms with E-state index in [1.165, 1.54) is 24.3 Å².